The molecule has 0 aromatic heterocycles. The lowest BCUT2D eigenvalue weighted by Gasteiger charge is -2.38. The first-order valence-corrected chi connectivity index (χ1v) is 12.6. The quantitative estimate of drug-likeness (QED) is 0.401. The molecule has 4 rings (SSSR count). The van der Waals surface area contributed by atoms with Crippen LogP contribution < -0.4 is 5.73 Å². The largest absolute Gasteiger partial charge is 0.444 e. The molecule has 1 aliphatic heterocycles. The van der Waals surface area contributed by atoms with Gasteiger partial charge in [0.25, 0.3) is 0 Å². The third-order valence-corrected chi connectivity index (χ3v) is 6.56. The minimum absolute atomic E-state index is 0.0803. The Balaban J connectivity index is 1.54. The number of amides is 1. The minimum Gasteiger partial charge on any atom is -0.444 e. The van der Waals surface area contributed by atoms with Gasteiger partial charge < -0.3 is 15.4 Å². The molecule has 0 aliphatic carbocycles. The van der Waals surface area contributed by atoms with Crippen LogP contribution in [0.4, 0.5) is 19.3 Å². The van der Waals surface area contributed by atoms with Gasteiger partial charge in [0.15, 0.2) is 0 Å². The van der Waals surface area contributed by atoms with E-state index < -0.39 is 5.60 Å². The Morgan fingerprint density at radius 1 is 0.973 bits per heavy atom. The summed E-state index contributed by atoms with van der Waals surface area (Å²) in [7, 11) is 0. The highest BCUT2D eigenvalue weighted by molar-refractivity contribution is 5.68. The summed E-state index contributed by atoms with van der Waals surface area (Å²) in [6.07, 6.45) is 0.995. The second-order valence-electron chi connectivity index (χ2n) is 10.7. The number of hydrogen-bond donors (Lipinski definition) is 1. The maximum absolute atomic E-state index is 14.0. The van der Waals surface area contributed by atoms with Crippen LogP contribution in [-0.4, -0.2) is 40.6 Å². The SMILES string of the molecule is CC(C)(C)OC(=O)N(CCN1Cc2ccc(F)cc2CC1Cc1ccc(F)cc1)Cc1ccc(N)cc1. The van der Waals surface area contributed by atoms with Crippen LogP contribution in [0.5, 0.6) is 0 Å². The number of nitrogens with zero attached hydrogens (tertiary/aromatic N) is 2. The lowest BCUT2D eigenvalue weighted by molar-refractivity contribution is 0.0198. The van der Waals surface area contributed by atoms with Crippen molar-refractivity contribution >= 4 is 11.8 Å². The normalized spacial score (nSPS) is 15.8. The van der Waals surface area contributed by atoms with E-state index in [-0.39, 0.29) is 23.8 Å². The monoisotopic (exact) mass is 507 g/mol. The van der Waals surface area contributed by atoms with E-state index in [9.17, 15) is 13.6 Å². The highest BCUT2D eigenvalue weighted by atomic mass is 19.1. The Bertz CT molecular complexity index is 1210. The van der Waals surface area contributed by atoms with E-state index in [0.717, 1.165) is 22.3 Å². The average molecular weight is 508 g/mol. The molecule has 3 aromatic carbocycles. The third kappa shape index (κ3) is 7.52. The average Bonchev–Trinajstić information content (AvgIpc) is 2.83. The van der Waals surface area contributed by atoms with Gasteiger partial charge >= 0.3 is 6.09 Å². The summed E-state index contributed by atoms with van der Waals surface area (Å²) >= 11 is 0. The Morgan fingerprint density at radius 3 is 2.30 bits per heavy atom. The molecule has 0 radical (unpaired) electrons. The molecule has 1 amide bonds. The molecule has 1 heterocycles. The Morgan fingerprint density at radius 2 is 1.62 bits per heavy atom. The predicted molar refractivity (Wildman–Crippen MR) is 142 cm³/mol. The fourth-order valence-electron chi connectivity index (χ4n) is 4.68. The molecule has 37 heavy (non-hydrogen) atoms. The second kappa shape index (κ2) is 11.3. The molecule has 1 aliphatic rings. The Kier molecular flexibility index (Phi) is 8.13. The fourth-order valence-corrected chi connectivity index (χ4v) is 4.68. The van der Waals surface area contributed by atoms with E-state index in [4.69, 9.17) is 10.5 Å². The molecule has 0 saturated carbocycles. The summed E-state index contributed by atoms with van der Waals surface area (Å²) in [5.41, 5.74) is 9.94. The molecule has 2 N–H and O–H groups in total. The van der Waals surface area contributed by atoms with E-state index in [1.54, 1.807) is 23.1 Å². The van der Waals surface area contributed by atoms with Gasteiger partial charge in [-0.25, -0.2) is 13.6 Å². The first-order chi connectivity index (χ1) is 17.6. The molecule has 0 spiro atoms. The van der Waals surface area contributed by atoms with Gasteiger partial charge in [-0.15, -0.1) is 0 Å². The van der Waals surface area contributed by atoms with Crippen molar-refractivity contribution in [2.75, 3.05) is 18.8 Å². The maximum Gasteiger partial charge on any atom is 0.410 e. The summed E-state index contributed by atoms with van der Waals surface area (Å²) in [6.45, 7) is 7.66. The zero-order valence-corrected chi connectivity index (χ0v) is 21.7. The van der Waals surface area contributed by atoms with Crippen molar-refractivity contribution in [3.05, 3.63) is 101 Å². The topological polar surface area (TPSA) is 58.8 Å². The fraction of sp³-hybridized carbons (Fsp3) is 0.367. The third-order valence-electron chi connectivity index (χ3n) is 6.56. The van der Waals surface area contributed by atoms with Gasteiger partial charge in [-0.1, -0.05) is 30.3 Å². The van der Waals surface area contributed by atoms with Gasteiger partial charge in [0.1, 0.15) is 17.2 Å². The van der Waals surface area contributed by atoms with Crippen LogP contribution >= 0.6 is 0 Å². The van der Waals surface area contributed by atoms with Crippen molar-refractivity contribution in [3.8, 4) is 0 Å². The molecular weight excluding hydrogens is 472 g/mol. The van der Waals surface area contributed by atoms with Crippen molar-refractivity contribution in [1.29, 1.82) is 0 Å². The molecule has 0 saturated heterocycles. The number of halogens is 2. The molecule has 0 fully saturated rings. The van der Waals surface area contributed by atoms with Crippen LogP contribution in [0.1, 0.15) is 43.0 Å². The molecule has 1 atom stereocenters. The summed E-state index contributed by atoms with van der Waals surface area (Å²) < 4.78 is 33.2. The minimum atomic E-state index is -0.615. The van der Waals surface area contributed by atoms with E-state index >= 15 is 0 Å². The molecule has 0 bridgehead atoms. The lowest BCUT2D eigenvalue weighted by atomic mass is 9.90. The number of benzene rings is 3. The maximum atomic E-state index is 14.0. The van der Waals surface area contributed by atoms with Gasteiger partial charge in [0.2, 0.25) is 0 Å². The number of carbonyl (C=O) groups excluding carboxylic acids is 1. The van der Waals surface area contributed by atoms with Gasteiger partial charge in [0.05, 0.1) is 0 Å². The summed E-state index contributed by atoms with van der Waals surface area (Å²) in [5, 5.41) is 0. The second-order valence-corrected chi connectivity index (χ2v) is 10.7. The number of nitrogen functional groups attached to an aromatic ring is 1. The van der Waals surface area contributed by atoms with Crippen molar-refractivity contribution in [2.24, 2.45) is 0 Å². The molecule has 196 valence electrons. The number of carbonyl (C=O) groups is 1. The van der Waals surface area contributed by atoms with Gasteiger partial charge in [-0.2, -0.15) is 0 Å². The van der Waals surface area contributed by atoms with Crippen LogP contribution in [0.15, 0.2) is 66.7 Å². The van der Waals surface area contributed by atoms with Crippen LogP contribution in [-0.2, 0) is 30.7 Å². The molecule has 5 nitrogen and oxygen atoms in total. The zero-order valence-electron chi connectivity index (χ0n) is 21.7. The predicted octanol–water partition coefficient (Wildman–Crippen LogP) is 5.95. The van der Waals surface area contributed by atoms with Crippen LogP contribution in [0, 0.1) is 11.6 Å². The molecule has 3 aromatic rings. The van der Waals surface area contributed by atoms with Crippen molar-refractivity contribution in [2.45, 2.75) is 58.3 Å². The number of ether oxygens (including phenoxy) is 1. The van der Waals surface area contributed by atoms with E-state index in [0.29, 0.717) is 44.7 Å². The molecule has 1 unspecified atom stereocenters. The first-order valence-electron chi connectivity index (χ1n) is 12.6. The van der Waals surface area contributed by atoms with E-state index in [2.05, 4.69) is 4.90 Å². The van der Waals surface area contributed by atoms with Crippen molar-refractivity contribution in [3.63, 3.8) is 0 Å². The molecular formula is C30H35F2N3O2. The molecule has 7 heteroatoms. The van der Waals surface area contributed by atoms with Crippen LogP contribution in [0.2, 0.25) is 0 Å². The number of fused-ring (bicyclic) bond motifs is 1. The van der Waals surface area contributed by atoms with Gasteiger partial charge in [-0.3, -0.25) is 4.90 Å². The number of hydrogen-bond acceptors (Lipinski definition) is 4. The summed E-state index contributed by atoms with van der Waals surface area (Å²) in [4.78, 5) is 17.2. The number of rotatable bonds is 7. The van der Waals surface area contributed by atoms with Gasteiger partial charge in [-0.05, 0) is 92.3 Å². The first kappa shape index (κ1) is 26.6. The number of anilines is 1. The number of nitrogens with two attached hydrogens (primary N) is 1. The van der Waals surface area contributed by atoms with Crippen LogP contribution in [0.25, 0.3) is 0 Å². The van der Waals surface area contributed by atoms with Crippen LogP contribution in [0.3, 0.4) is 0 Å². The Hall–Kier alpha value is -3.45. The highest BCUT2D eigenvalue weighted by Crippen LogP contribution is 2.27. The van der Waals surface area contributed by atoms with Crippen molar-refractivity contribution in [1.82, 2.24) is 9.80 Å². The van der Waals surface area contributed by atoms with Crippen molar-refractivity contribution < 1.29 is 18.3 Å². The standard InChI is InChI=1S/C30H35F2N3O2/c1-30(2,3)37-29(36)35(19-22-6-12-27(33)13-7-22)15-14-34-20-23-8-11-26(32)17-24(23)18-28(34)16-21-4-9-25(31)10-5-21/h4-13,17,28H,14-16,18-20,33H2,1-3H3. The Labute approximate surface area is 217 Å². The lowest BCUT2D eigenvalue weighted by Crippen LogP contribution is -2.47. The van der Waals surface area contributed by atoms with E-state index in [1.165, 1.54) is 18.2 Å². The zero-order chi connectivity index (χ0) is 26.6. The smallest absolute Gasteiger partial charge is 0.410 e. The van der Waals surface area contributed by atoms with Gasteiger partial charge in [0, 0.05) is 37.9 Å². The van der Waals surface area contributed by atoms with E-state index in [1.807, 2.05) is 51.1 Å². The summed E-state index contributed by atoms with van der Waals surface area (Å²) in [6, 6.07) is 19.0. The highest BCUT2D eigenvalue weighted by Gasteiger charge is 2.29. The summed E-state index contributed by atoms with van der Waals surface area (Å²) in [5.74, 6) is -0.514.